The van der Waals surface area contributed by atoms with E-state index in [0.29, 0.717) is 0 Å². The van der Waals surface area contributed by atoms with Crippen LogP contribution in [0, 0.1) is 0 Å². The number of aliphatic hydroxyl groups excluding tert-OH is 4. The highest BCUT2D eigenvalue weighted by Gasteiger charge is 2.49. The first kappa shape index (κ1) is 25.1. The van der Waals surface area contributed by atoms with Crippen LogP contribution in [0.5, 0.6) is 0 Å². The van der Waals surface area contributed by atoms with Gasteiger partial charge in [-0.1, -0.05) is 0 Å². The molecule has 13 heteroatoms. The van der Waals surface area contributed by atoms with Gasteiger partial charge in [0.1, 0.15) is 24.4 Å². The van der Waals surface area contributed by atoms with Gasteiger partial charge in [0.25, 0.3) is 0 Å². The Kier molecular flexibility index (Phi) is 8.24. The summed E-state index contributed by atoms with van der Waals surface area (Å²) in [4.78, 5) is 0. The fraction of sp³-hybridized carbons (Fsp3) is 1.00. The molecule has 3 aliphatic rings. The molecule has 0 amide bonds. The molecule has 0 radical (unpaired) electrons. The largest absolute Gasteiger partial charge is 0.390 e. The standard InChI is InChI=1S/C18H37N5O8/c1-5-12(25)11(23)13(26)18(28-5)31-16-7(21)2-6(20)15(14(16)27)30-17-8(22)3-9(24)10(4-19)29-17/h5-18,24-27H,2-4,19-23H2,1H3/t5-,6+,7-,8-,9+,10-,11+,12-,13-,14+,15-,16+,17-,18-/m1/s1. The van der Waals surface area contributed by atoms with Crippen molar-refractivity contribution in [2.75, 3.05) is 6.54 Å². The lowest BCUT2D eigenvalue weighted by Gasteiger charge is -2.47. The number of aliphatic hydroxyl groups is 4. The second kappa shape index (κ2) is 10.2. The van der Waals surface area contributed by atoms with E-state index < -0.39 is 85.6 Å². The molecule has 1 saturated carbocycles. The van der Waals surface area contributed by atoms with Gasteiger partial charge in [0.15, 0.2) is 12.6 Å². The van der Waals surface area contributed by atoms with Crippen molar-refractivity contribution in [3.8, 4) is 0 Å². The van der Waals surface area contributed by atoms with Crippen LogP contribution in [0.4, 0.5) is 0 Å². The molecule has 0 aromatic carbocycles. The summed E-state index contributed by atoms with van der Waals surface area (Å²) in [6, 6.07) is -2.98. The predicted octanol–water partition coefficient (Wildman–Crippen LogP) is -5.27. The Labute approximate surface area is 180 Å². The first-order valence-corrected chi connectivity index (χ1v) is 10.6. The molecule has 0 bridgehead atoms. The Bertz CT molecular complexity index is 593. The summed E-state index contributed by atoms with van der Waals surface area (Å²) < 4.78 is 22.9. The van der Waals surface area contributed by atoms with Gasteiger partial charge < -0.3 is 68.0 Å². The van der Waals surface area contributed by atoms with Gasteiger partial charge in [-0.25, -0.2) is 0 Å². The number of nitrogens with two attached hydrogens (primary N) is 5. The maximum atomic E-state index is 11.0. The van der Waals surface area contributed by atoms with Crippen LogP contribution in [0.3, 0.4) is 0 Å². The molecule has 0 unspecified atom stereocenters. The third-order valence-electron chi connectivity index (χ3n) is 6.37. The zero-order chi connectivity index (χ0) is 23.0. The SMILES string of the molecule is C[C@H]1O[C@H](O[C@@H]2[C@@H](O)[C@H](O[C@H]3O[C@H](CN)[C@@H](O)C[C@H]3N)[C@@H](N)C[C@H]2N)[C@H](O)[C@@H](N)[C@@H]1O. The highest BCUT2D eigenvalue weighted by Crippen LogP contribution is 2.30. The highest BCUT2D eigenvalue weighted by molar-refractivity contribution is 5.00. The second-order valence-corrected chi connectivity index (χ2v) is 8.77. The van der Waals surface area contributed by atoms with Crippen molar-refractivity contribution >= 4 is 0 Å². The van der Waals surface area contributed by atoms with E-state index in [9.17, 15) is 20.4 Å². The van der Waals surface area contributed by atoms with Crippen LogP contribution >= 0.6 is 0 Å². The second-order valence-electron chi connectivity index (χ2n) is 8.77. The monoisotopic (exact) mass is 451 g/mol. The van der Waals surface area contributed by atoms with E-state index >= 15 is 0 Å². The van der Waals surface area contributed by atoms with Crippen LogP contribution in [0.15, 0.2) is 0 Å². The van der Waals surface area contributed by atoms with E-state index in [-0.39, 0.29) is 19.4 Å². The molecule has 1 aliphatic carbocycles. The lowest BCUT2D eigenvalue weighted by atomic mass is 9.84. The minimum atomic E-state index is -1.33. The summed E-state index contributed by atoms with van der Waals surface area (Å²) in [5.74, 6) is 0. The summed E-state index contributed by atoms with van der Waals surface area (Å²) in [6.07, 6.45) is -9.53. The number of ether oxygens (including phenoxy) is 4. The molecule has 182 valence electrons. The Morgan fingerprint density at radius 2 is 1.35 bits per heavy atom. The van der Waals surface area contributed by atoms with Crippen LogP contribution in [-0.2, 0) is 18.9 Å². The topological polar surface area (TPSA) is 248 Å². The zero-order valence-electron chi connectivity index (χ0n) is 17.5. The van der Waals surface area contributed by atoms with Gasteiger partial charge in [0.05, 0.1) is 36.5 Å². The normalized spacial score (nSPS) is 54.0. The first-order chi connectivity index (χ1) is 14.5. The lowest BCUT2D eigenvalue weighted by molar-refractivity contribution is -0.310. The molecule has 2 aliphatic heterocycles. The van der Waals surface area contributed by atoms with Crippen molar-refractivity contribution in [2.24, 2.45) is 28.7 Å². The molecule has 14 atom stereocenters. The Morgan fingerprint density at radius 1 is 0.774 bits per heavy atom. The molecule has 14 N–H and O–H groups in total. The van der Waals surface area contributed by atoms with E-state index in [2.05, 4.69) is 0 Å². The smallest absolute Gasteiger partial charge is 0.186 e. The van der Waals surface area contributed by atoms with Crippen LogP contribution in [-0.4, -0.2) is 113 Å². The Morgan fingerprint density at radius 3 is 1.94 bits per heavy atom. The maximum Gasteiger partial charge on any atom is 0.186 e. The van der Waals surface area contributed by atoms with Crippen molar-refractivity contribution in [2.45, 2.75) is 105 Å². The van der Waals surface area contributed by atoms with E-state index in [4.69, 9.17) is 47.6 Å². The quantitative estimate of drug-likeness (QED) is 0.190. The molecule has 31 heavy (non-hydrogen) atoms. The summed E-state index contributed by atoms with van der Waals surface area (Å²) in [5, 5.41) is 41.3. The highest BCUT2D eigenvalue weighted by atomic mass is 16.7. The van der Waals surface area contributed by atoms with E-state index in [1.165, 1.54) is 0 Å². The van der Waals surface area contributed by atoms with E-state index in [1.54, 1.807) is 6.92 Å². The molecule has 13 nitrogen and oxygen atoms in total. The van der Waals surface area contributed by atoms with Gasteiger partial charge in [-0.05, 0) is 19.8 Å². The Hall–Kier alpha value is -0.520. The van der Waals surface area contributed by atoms with Gasteiger partial charge >= 0.3 is 0 Å². The minimum absolute atomic E-state index is 0.0742. The molecule has 0 aromatic heterocycles. The molecule has 0 aromatic rings. The van der Waals surface area contributed by atoms with E-state index in [1.807, 2.05) is 0 Å². The van der Waals surface area contributed by atoms with E-state index in [0.717, 1.165) is 0 Å². The molecule has 3 fully saturated rings. The van der Waals surface area contributed by atoms with Gasteiger partial charge in [0, 0.05) is 18.6 Å². The summed E-state index contributed by atoms with van der Waals surface area (Å²) in [6.45, 7) is 1.67. The molecular formula is C18H37N5O8. The zero-order valence-corrected chi connectivity index (χ0v) is 17.5. The van der Waals surface area contributed by atoms with Crippen LogP contribution in [0.2, 0.25) is 0 Å². The summed E-state index contributed by atoms with van der Waals surface area (Å²) in [5.41, 5.74) is 29.8. The molecule has 2 saturated heterocycles. The number of hydrogen-bond donors (Lipinski definition) is 9. The maximum absolute atomic E-state index is 11.0. The first-order valence-electron chi connectivity index (χ1n) is 10.6. The van der Waals surface area contributed by atoms with Gasteiger partial charge in [-0.2, -0.15) is 0 Å². The van der Waals surface area contributed by atoms with Crippen molar-refractivity contribution in [3.05, 3.63) is 0 Å². The Balaban J connectivity index is 1.69. The average molecular weight is 452 g/mol. The van der Waals surface area contributed by atoms with Crippen LogP contribution in [0.1, 0.15) is 19.8 Å². The molecule has 3 rings (SSSR count). The lowest BCUT2D eigenvalue weighted by Crippen LogP contribution is -2.67. The van der Waals surface area contributed by atoms with Crippen LogP contribution in [0.25, 0.3) is 0 Å². The predicted molar refractivity (Wildman–Crippen MR) is 107 cm³/mol. The summed E-state index contributed by atoms with van der Waals surface area (Å²) >= 11 is 0. The number of hydrogen-bond acceptors (Lipinski definition) is 13. The molecule has 0 spiro atoms. The van der Waals surface area contributed by atoms with Gasteiger partial charge in [-0.15, -0.1) is 0 Å². The van der Waals surface area contributed by atoms with Crippen molar-refractivity contribution < 1.29 is 39.4 Å². The van der Waals surface area contributed by atoms with Gasteiger partial charge in [0.2, 0.25) is 0 Å². The fourth-order valence-corrected chi connectivity index (χ4v) is 4.38. The third-order valence-corrected chi connectivity index (χ3v) is 6.37. The van der Waals surface area contributed by atoms with Crippen molar-refractivity contribution in [1.29, 1.82) is 0 Å². The van der Waals surface area contributed by atoms with Crippen molar-refractivity contribution in [3.63, 3.8) is 0 Å². The van der Waals surface area contributed by atoms with Crippen LogP contribution < -0.4 is 28.7 Å². The molecule has 2 heterocycles. The minimum Gasteiger partial charge on any atom is -0.390 e. The van der Waals surface area contributed by atoms with Crippen molar-refractivity contribution in [1.82, 2.24) is 0 Å². The number of rotatable bonds is 5. The fourth-order valence-electron chi connectivity index (χ4n) is 4.38. The van der Waals surface area contributed by atoms with Gasteiger partial charge in [-0.3, -0.25) is 0 Å². The third kappa shape index (κ3) is 5.19. The summed E-state index contributed by atoms with van der Waals surface area (Å²) in [7, 11) is 0. The molecular weight excluding hydrogens is 414 g/mol. The average Bonchev–Trinajstić information content (AvgIpc) is 2.71.